The number of nitrogens with zero attached hydrogens (tertiary/aromatic N) is 1. The van der Waals surface area contributed by atoms with Gasteiger partial charge in [-0.25, -0.2) is 0 Å². The summed E-state index contributed by atoms with van der Waals surface area (Å²) < 4.78 is 0. The first-order valence-corrected chi connectivity index (χ1v) is 8.55. The maximum Gasteiger partial charge on any atom is 0.227 e. The zero-order chi connectivity index (χ0) is 16.4. The van der Waals surface area contributed by atoms with Crippen LogP contribution in [0.15, 0.2) is 48.5 Å². The van der Waals surface area contributed by atoms with Crippen molar-refractivity contribution in [1.29, 1.82) is 0 Å². The Morgan fingerprint density at radius 2 is 1.83 bits per heavy atom. The van der Waals surface area contributed by atoms with Crippen LogP contribution in [0.1, 0.15) is 42.5 Å². The van der Waals surface area contributed by atoms with Crippen LogP contribution < -0.4 is 0 Å². The summed E-state index contributed by atoms with van der Waals surface area (Å²) in [5.41, 5.74) is 3.43. The Labute approximate surface area is 143 Å². The predicted octanol–water partition coefficient (Wildman–Crippen LogP) is 4.94. The molecule has 1 amide bonds. The molecule has 0 bridgehead atoms. The normalized spacial score (nSPS) is 15.3. The van der Waals surface area contributed by atoms with Gasteiger partial charge >= 0.3 is 0 Å². The lowest BCUT2D eigenvalue weighted by molar-refractivity contribution is -0.133. The van der Waals surface area contributed by atoms with Crippen LogP contribution in [0.3, 0.4) is 0 Å². The number of rotatable bonds is 5. The number of carbonyl (C=O) groups is 1. The Hall–Kier alpha value is -1.80. The first-order chi connectivity index (χ1) is 11.1. The quantitative estimate of drug-likeness (QED) is 0.761. The first kappa shape index (κ1) is 16.1. The molecule has 0 spiro atoms. The third kappa shape index (κ3) is 3.76. The fourth-order valence-corrected chi connectivity index (χ4v) is 3.18. The highest BCUT2D eigenvalue weighted by Gasteiger charge is 2.36. The van der Waals surface area contributed by atoms with E-state index in [4.69, 9.17) is 11.6 Å². The van der Waals surface area contributed by atoms with E-state index in [1.165, 1.54) is 5.56 Å². The molecular weight excluding hydrogens is 306 g/mol. The van der Waals surface area contributed by atoms with Crippen LogP contribution in [0.4, 0.5) is 0 Å². The minimum atomic E-state index is 0.0799. The third-order valence-electron chi connectivity index (χ3n) is 4.60. The van der Waals surface area contributed by atoms with Gasteiger partial charge in [0.25, 0.3) is 0 Å². The van der Waals surface area contributed by atoms with Crippen molar-refractivity contribution in [2.75, 3.05) is 0 Å². The van der Waals surface area contributed by atoms with Gasteiger partial charge in [0.1, 0.15) is 0 Å². The minimum Gasteiger partial charge on any atom is -0.333 e. The van der Waals surface area contributed by atoms with Gasteiger partial charge in [-0.1, -0.05) is 48.0 Å². The summed E-state index contributed by atoms with van der Waals surface area (Å²) in [7, 11) is 0. The topological polar surface area (TPSA) is 20.3 Å². The number of hydrogen-bond acceptors (Lipinski definition) is 1. The van der Waals surface area contributed by atoms with E-state index in [9.17, 15) is 4.79 Å². The summed E-state index contributed by atoms with van der Waals surface area (Å²) in [6.07, 6.45) is 2.69. The molecule has 120 valence electrons. The highest BCUT2D eigenvalue weighted by Crippen LogP contribution is 2.35. The summed E-state index contributed by atoms with van der Waals surface area (Å²) in [6, 6.07) is 16.4. The molecule has 0 N–H and O–H groups in total. The zero-order valence-corrected chi connectivity index (χ0v) is 14.4. The maximum atomic E-state index is 12.9. The average Bonchev–Trinajstić information content (AvgIpc) is 3.35. The van der Waals surface area contributed by atoms with Crippen LogP contribution in [0.2, 0.25) is 5.02 Å². The molecule has 1 unspecified atom stereocenters. The first-order valence-electron chi connectivity index (χ1n) is 8.17. The van der Waals surface area contributed by atoms with Crippen LogP contribution in [0.25, 0.3) is 0 Å². The Kier molecular flexibility index (Phi) is 4.72. The molecule has 2 aromatic carbocycles. The van der Waals surface area contributed by atoms with Crippen molar-refractivity contribution >= 4 is 17.5 Å². The van der Waals surface area contributed by atoms with Crippen LogP contribution in [-0.4, -0.2) is 16.8 Å². The molecule has 1 fully saturated rings. The second-order valence-electron chi connectivity index (χ2n) is 6.36. The van der Waals surface area contributed by atoms with E-state index >= 15 is 0 Å². The van der Waals surface area contributed by atoms with Crippen LogP contribution in [0, 0.1) is 6.92 Å². The summed E-state index contributed by atoms with van der Waals surface area (Å²) in [5.74, 6) is 0.212. The van der Waals surface area contributed by atoms with Crippen molar-refractivity contribution in [3.63, 3.8) is 0 Å². The molecule has 0 heterocycles. The van der Waals surface area contributed by atoms with Crippen molar-refractivity contribution in [2.45, 2.75) is 45.2 Å². The number of carbonyl (C=O) groups excluding carboxylic acids is 1. The fourth-order valence-electron chi connectivity index (χ4n) is 3.05. The molecule has 1 atom stereocenters. The van der Waals surface area contributed by atoms with E-state index in [1.54, 1.807) is 0 Å². The second kappa shape index (κ2) is 6.76. The van der Waals surface area contributed by atoms with E-state index in [0.29, 0.717) is 12.5 Å². The summed E-state index contributed by atoms with van der Waals surface area (Å²) in [6.45, 7) is 4.17. The SMILES string of the molecule is Cc1ccccc1CC(=O)N(C1CC1)C(C)c1ccc(Cl)cc1. The van der Waals surface area contributed by atoms with E-state index in [1.807, 2.05) is 42.5 Å². The number of aryl methyl sites for hydroxylation is 1. The lowest BCUT2D eigenvalue weighted by Crippen LogP contribution is -2.36. The summed E-state index contributed by atoms with van der Waals surface area (Å²) in [5, 5.41) is 0.727. The predicted molar refractivity (Wildman–Crippen MR) is 94.6 cm³/mol. The Bertz CT molecular complexity index is 691. The Morgan fingerprint density at radius 3 is 2.43 bits per heavy atom. The van der Waals surface area contributed by atoms with Gasteiger partial charge in [0.2, 0.25) is 5.91 Å². The molecule has 3 heteroatoms. The van der Waals surface area contributed by atoms with Crippen molar-refractivity contribution < 1.29 is 4.79 Å². The smallest absolute Gasteiger partial charge is 0.227 e. The van der Waals surface area contributed by atoms with Crippen molar-refractivity contribution in [3.8, 4) is 0 Å². The largest absolute Gasteiger partial charge is 0.333 e. The van der Waals surface area contributed by atoms with Crippen LogP contribution in [0.5, 0.6) is 0 Å². The molecule has 1 saturated carbocycles. The van der Waals surface area contributed by atoms with Gasteiger partial charge in [0, 0.05) is 11.1 Å². The maximum absolute atomic E-state index is 12.9. The van der Waals surface area contributed by atoms with Gasteiger partial charge in [-0.05, 0) is 55.5 Å². The van der Waals surface area contributed by atoms with E-state index in [2.05, 4.69) is 24.8 Å². The Balaban J connectivity index is 1.79. The lowest BCUT2D eigenvalue weighted by atomic mass is 10.0. The van der Waals surface area contributed by atoms with Crippen molar-refractivity contribution in [3.05, 3.63) is 70.2 Å². The molecule has 3 rings (SSSR count). The summed E-state index contributed by atoms with van der Waals surface area (Å²) >= 11 is 5.98. The molecule has 1 aliphatic carbocycles. The zero-order valence-electron chi connectivity index (χ0n) is 13.6. The molecule has 2 aromatic rings. The lowest BCUT2D eigenvalue weighted by Gasteiger charge is -2.30. The van der Waals surface area contributed by atoms with Crippen molar-refractivity contribution in [1.82, 2.24) is 4.90 Å². The van der Waals surface area contributed by atoms with Crippen LogP contribution >= 0.6 is 11.6 Å². The van der Waals surface area contributed by atoms with Gasteiger partial charge in [0.15, 0.2) is 0 Å². The van der Waals surface area contributed by atoms with E-state index in [0.717, 1.165) is 29.0 Å². The third-order valence-corrected chi connectivity index (χ3v) is 4.85. The second-order valence-corrected chi connectivity index (χ2v) is 6.80. The highest BCUT2D eigenvalue weighted by molar-refractivity contribution is 6.30. The average molecular weight is 328 g/mol. The monoisotopic (exact) mass is 327 g/mol. The van der Waals surface area contributed by atoms with Gasteiger partial charge in [-0.15, -0.1) is 0 Å². The molecule has 0 aromatic heterocycles. The van der Waals surface area contributed by atoms with Gasteiger partial charge in [-0.2, -0.15) is 0 Å². The molecule has 23 heavy (non-hydrogen) atoms. The molecule has 0 saturated heterocycles. The standard InChI is InChI=1S/C20H22ClNO/c1-14-5-3-4-6-17(14)13-20(23)22(19-11-12-19)15(2)16-7-9-18(21)10-8-16/h3-10,15,19H,11-13H2,1-2H3. The highest BCUT2D eigenvalue weighted by atomic mass is 35.5. The van der Waals surface area contributed by atoms with E-state index < -0.39 is 0 Å². The molecule has 0 aliphatic heterocycles. The van der Waals surface area contributed by atoms with Gasteiger partial charge in [0.05, 0.1) is 12.5 Å². The number of halogens is 1. The number of amides is 1. The van der Waals surface area contributed by atoms with Gasteiger partial charge < -0.3 is 4.90 Å². The number of benzene rings is 2. The van der Waals surface area contributed by atoms with Crippen molar-refractivity contribution in [2.24, 2.45) is 0 Å². The minimum absolute atomic E-state index is 0.0799. The van der Waals surface area contributed by atoms with Gasteiger partial charge in [-0.3, -0.25) is 4.79 Å². The molecule has 2 nitrogen and oxygen atoms in total. The van der Waals surface area contributed by atoms with Crippen LogP contribution in [-0.2, 0) is 11.2 Å². The fraction of sp³-hybridized carbons (Fsp3) is 0.350. The molecular formula is C20H22ClNO. The molecule has 0 radical (unpaired) electrons. The molecule has 1 aliphatic rings. The summed E-state index contributed by atoms with van der Waals surface area (Å²) in [4.78, 5) is 15.0. The number of hydrogen-bond donors (Lipinski definition) is 0. The van der Waals surface area contributed by atoms with E-state index in [-0.39, 0.29) is 11.9 Å². The Morgan fingerprint density at radius 1 is 1.17 bits per heavy atom.